The van der Waals surface area contributed by atoms with Crippen molar-refractivity contribution in [3.05, 3.63) is 83.5 Å². The fourth-order valence-electron chi connectivity index (χ4n) is 5.41. The number of anilines is 2. The first-order valence-electron chi connectivity index (χ1n) is 13.3. The smallest absolute Gasteiger partial charge is 0.250 e. The van der Waals surface area contributed by atoms with E-state index in [1.807, 2.05) is 68.8 Å². The second-order valence-electron chi connectivity index (χ2n) is 11.0. The van der Waals surface area contributed by atoms with Gasteiger partial charge >= 0.3 is 0 Å². The number of pyridine rings is 1. The minimum absolute atomic E-state index is 0.0809. The molecule has 4 aromatic rings. The van der Waals surface area contributed by atoms with Crippen molar-refractivity contribution in [2.24, 2.45) is 12.5 Å². The van der Waals surface area contributed by atoms with Gasteiger partial charge in [-0.15, -0.1) is 0 Å². The lowest BCUT2D eigenvalue weighted by Crippen LogP contribution is -2.31. The Balaban J connectivity index is 1.56. The summed E-state index contributed by atoms with van der Waals surface area (Å²) >= 11 is 0. The van der Waals surface area contributed by atoms with Crippen molar-refractivity contribution in [1.29, 1.82) is 0 Å². The number of benzene rings is 1. The molecule has 0 fully saturated rings. The molecule has 1 aliphatic carbocycles. The van der Waals surface area contributed by atoms with Crippen LogP contribution in [-0.4, -0.2) is 31.2 Å². The van der Waals surface area contributed by atoms with Crippen molar-refractivity contribution in [1.82, 2.24) is 19.5 Å². The molecule has 1 atom stereocenters. The first-order valence-corrected chi connectivity index (χ1v) is 13.3. The summed E-state index contributed by atoms with van der Waals surface area (Å²) in [6.07, 6.45) is 5.61. The fraction of sp³-hybridized carbons (Fsp3) is 0.281. The van der Waals surface area contributed by atoms with Crippen molar-refractivity contribution >= 4 is 39.8 Å². The van der Waals surface area contributed by atoms with Crippen LogP contribution in [0.15, 0.2) is 61.0 Å². The van der Waals surface area contributed by atoms with Crippen molar-refractivity contribution < 1.29 is 9.59 Å². The van der Waals surface area contributed by atoms with Crippen molar-refractivity contribution in [2.75, 3.05) is 11.1 Å². The molecule has 0 radical (unpaired) electrons. The predicted octanol–water partition coefficient (Wildman–Crippen LogP) is 6.20. The van der Waals surface area contributed by atoms with E-state index in [-0.39, 0.29) is 11.7 Å². The first-order chi connectivity index (χ1) is 19.0. The highest BCUT2D eigenvalue weighted by Crippen LogP contribution is 2.46. The molecular weight excluding hydrogens is 500 g/mol. The van der Waals surface area contributed by atoms with Gasteiger partial charge in [0, 0.05) is 35.0 Å². The second kappa shape index (κ2) is 10.2. The van der Waals surface area contributed by atoms with Gasteiger partial charge in [-0.1, -0.05) is 37.8 Å². The second-order valence-corrected chi connectivity index (χ2v) is 11.0. The Kier molecular flexibility index (Phi) is 6.87. The standard InChI is InChI=1S/C32H34N6O2/c1-18(2)31(40)37-23-11-9-22(10-12-23)27-24(25-29(33)34-17-35-30(25)38(27)6)21-13-15-32(5,16-14-21)28(39)26-19(3)7-8-20(4)36-26/h7-13,17H,1,14-16H2,2-6H3,(H,37,40)(H2,33,34,35)/t32-/m0/s1. The van der Waals surface area contributed by atoms with Crippen LogP contribution in [0.2, 0.25) is 0 Å². The van der Waals surface area contributed by atoms with Crippen LogP contribution >= 0.6 is 0 Å². The van der Waals surface area contributed by atoms with Gasteiger partial charge in [-0.3, -0.25) is 9.59 Å². The Morgan fingerprint density at radius 1 is 1.10 bits per heavy atom. The number of aromatic nitrogens is 4. The van der Waals surface area contributed by atoms with Crippen LogP contribution < -0.4 is 11.1 Å². The number of ketones is 1. The minimum atomic E-state index is -0.551. The summed E-state index contributed by atoms with van der Waals surface area (Å²) in [6, 6.07) is 11.6. The highest BCUT2D eigenvalue weighted by atomic mass is 16.1. The SMILES string of the molecule is C=C(C)C(=O)Nc1ccc(-c2c(C3=CC[C@](C)(C(=O)c4nc(C)ccc4C)CC3)c3c(N)ncnc3n2C)cc1. The number of nitrogens with zero attached hydrogens (tertiary/aromatic N) is 4. The zero-order valence-corrected chi connectivity index (χ0v) is 23.6. The molecule has 0 aliphatic heterocycles. The normalized spacial score (nSPS) is 17.0. The van der Waals surface area contributed by atoms with Gasteiger partial charge in [-0.25, -0.2) is 15.0 Å². The summed E-state index contributed by atoms with van der Waals surface area (Å²) in [5.74, 6) is 0.275. The average molecular weight is 535 g/mol. The quantitative estimate of drug-likeness (QED) is 0.225. The van der Waals surface area contributed by atoms with E-state index in [2.05, 4.69) is 32.9 Å². The molecule has 8 nitrogen and oxygen atoms in total. The monoisotopic (exact) mass is 534 g/mol. The Morgan fingerprint density at radius 3 is 2.48 bits per heavy atom. The van der Waals surface area contributed by atoms with Gasteiger partial charge in [0.1, 0.15) is 23.5 Å². The molecule has 5 rings (SSSR count). The number of fused-ring (bicyclic) bond motifs is 1. The van der Waals surface area contributed by atoms with Crippen LogP contribution in [0.25, 0.3) is 27.9 Å². The van der Waals surface area contributed by atoms with E-state index in [0.717, 1.165) is 44.7 Å². The van der Waals surface area contributed by atoms with Crippen LogP contribution in [-0.2, 0) is 11.8 Å². The lowest BCUT2D eigenvalue weighted by atomic mass is 9.71. The van der Waals surface area contributed by atoms with E-state index in [0.29, 0.717) is 42.0 Å². The minimum Gasteiger partial charge on any atom is -0.383 e. The van der Waals surface area contributed by atoms with Crippen LogP contribution in [0.4, 0.5) is 11.5 Å². The van der Waals surface area contributed by atoms with Gasteiger partial charge in [0.05, 0.1) is 11.1 Å². The van der Waals surface area contributed by atoms with E-state index < -0.39 is 5.41 Å². The highest BCUT2D eigenvalue weighted by molar-refractivity contribution is 6.06. The average Bonchev–Trinajstić information content (AvgIpc) is 3.23. The maximum absolute atomic E-state index is 13.7. The molecule has 0 unspecified atom stereocenters. The van der Waals surface area contributed by atoms with Crippen LogP contribution in [0.5, 0.6) is 0 Å². The Bertz CT molecular complexity index is 1710. The highest BCUT2D eigenvalue weighted by Gasteiger charge is 2.38. The first kappa shape index (κ1) is 27.0. The summed E-state index contributed by atoms with van der Waals surface area (Å²) in [5.41, 5.74) is 14.0. The third-order valence-electron chi connectivity index (χ3n) is 7.87. The molecular formula is C32H34N6O2. The number of allylic oxidation sites excluding steroid dienone is 2. The maximum atomic E-state index is 13.7. The summed E-state index contributed by atoms with van der Waals surface area (Å²) in [5, 5.41) is 3.66. The van der Waals surface area contributed by atoms with Gasteiger partial charge in [0.25, 0.3) is 5.91 Å². The van der Waals surface area contributed by atoms with E-state index in [4.69, 9.17) is 5.73 Å². The van der Waals surface area contributed by atoms with E-state index in [1.54, 1.807) is 6.92 Å². The summed E-state index contributed by atoms with van der Waals surface area (Å²) in [4.78, 5) is 39.2. The van der Waals surface area contributed by atoms with Gasteiger partial charge < -0.3 is 15.6 Å². The molecule has 8 heteroatoms. The molecule has 1 aromatic carbocycles. The maximum Gasteiger partial charge on any atom is 0.250 e. The van der Waals surface area contributed by atoms with Crippen LogP contribution in [0.3, 0.4) is 0 Å². The number of nitrogens with one attached hydrogen (secondary N) is 1. The third kappa shape index (κ3) is 4.70. The Labute approximate surface area is 234 Å². The van der Waals surface area contributed by atoms with E-state index in [9.17, 15) is 9.59 Å². The molecule has 3 heterocycles. The van der Waals surface area contributed by atoms with Gasteiger partial charge in [0.15, 0.2) is 5.78 Å². The number of aryl methyl sites for hydroxylation is 3. The summed E-state index contributed by atoms with van der Waals surface area (Å²) in [6.45, 7) is 11.3. The lowest BCUT2D eigenvalue weighted by molar-refractivity contribution is -0.112. The fourth-order valence-corrected chi connectivity index (χ4v) is 5.41. The molecule has 3 N–H and O–H groups in total. The Hall–Kier alpha value is -4.59. The predicted molar refractivity (Wildman–Crippen MR) is 160 cm³/mol. The van der Waals surface area contributed by atoms with Crippen LogP contribution in [0, 0.1) is 19.3 Å². The molecule has 204 valence electrons. The molecule has 0 spiro atoms. The van der Waals surface area contributed by atoms with E-state index >= 15 is 0 Å². The largest absolute Gasteiger partial charge is 0.383 e. The Morgan fingerprint density at radius 2 is 1.82 bits per heavy atom. The molecule has 40 heavy (non-hydrogen) atoms. The number of Topliss-reactive ketones (excluding diaryl/α,β-unsaturated/α-hetero) is 1. The zero-order chi connectivity index (χ0) is 28.8. The third-order valence-corrected chi connectivity index (χ3v) is 7.87. The number of hydrogen-bond donors (Lipinski definition) is 2. The number of carbonyl (C=O) groups excluding carboxylic acids is 2. The van der Waals surface area contributed by atoms with Gasteiger partial charge in [0.2, 0.25) is 0 Å². The number of nitrogen functional groups attached to an aromatic ring is 1. The number of amides is 1. The number of nitrogens with two attached hydrogens (primary N) is 1. The summed E-state index contributed by atoms with van der Waals surface area (Å²) in [7, 11) is 1.97. The zero-order valence-electron chi connectivity index (χ0n) is 23.6. The van der Waals surface area contributed by atoms with Gasteiger partial charge in [-0.2, -0.15) is 0 Å². The molecule has 0 bridgehead atoms. The topological polar surface area (TPSA) is 116 Å². The molecule has 0 saturated heterocycles. The van der Waals surface area contributed by atoms with Gasteiger partial charge in [-0.05, 0) is 74.9 Å². The van der Waals surface area contributed by atoms with Crippen molar-refractivity contribution in [2.45, 2.75) is 47.0 Å². The van der Waals surface area contributed by atoms with Crippen LogP contribution in [0.1, 0.15) is 60.4 Å². The number of carbonyl (C=O) groups is 2. The molecule has 0 saturated carbocycles. The van der Waals surface area contributed by atoms with E-state index in [1.165, 1.54) is 6.33 Å². The molecule has 1 amide bonds. The summed E-state index contributed by atoms with van der Waals surface area (Å²) < 4.78 is 2.03. The number of rotatable bonds is 6. The van der Waals surface area contributed by atoms with Crippen molar-refractivity contribution in [3.8, 4) is 11.3 Å². The lowest BCUT2D eigenvalue weighted by Gasteiger charge is -2.32. The molecule has 1 aliphatic rings. The molecule has 3 aromatic heterocycles. The number of hydrogen-bond acceptors (Lipinski definition) is 6. The van der Waals surface area contributed by atoms with Crippen molar-refractivity contribution in [3.63, 3.8) is 0 Å².